The Hall–Kier alpha value is -0.970. The SMILES string of the molecule is COc1cc(Cl)cc(C2CC(CN)CN2C)c1OC1CCCC1. The Labute approximate surface area is 143 Å². The number of nitrogens with two attached hydrogens (primary N) is 1. The summed E-state index contributed by atoms with van der Waals surface area (Å²) in [5.74, 6) is 2.14. The first-order valence-electron chi connectivity index (χ1n) is 8.56. The molecule has 1 aliphatic heterocycles. The van der Waals surface area contributed by atoms with Crippen molar-refractivity contribution in [2.24, 2.45) is 11.7 Å². The zero-order valence-electron chi connectivity index (χ0n) is 14.1. The molecule has 1 aromatic rings. The molecular weight excluding hydrogens is 312 g/mol. The van der Waals surface area contributed by atoms with Crippen LogP contribution in [0, 0.1) is 5.92 Å². The standard InChI is InChI=1S/C18H27ClN2O2/c1-21-11-12(10-20)7-16(21)15-8-13(19)9-17(22-2)18(15)23-14-5-3-4-6-14/h8-9,12,14,16H,3-7,10-11,20H2,1-2H3. The molecule has 0 radical (unpaired) electrons. The Kier molecular flexibility index (Phi) is 5.34. The largest absolute Gasteiger partial charge is 0.493 e. The average Bonchev–Trinajstić information content (AvgIpc) is 3.18. The second-order valence-electron chi connectivity index (χ2n) is 6.84. The number of nitrogens with zero attached hydrogens (tertiary/aromatic N) is 1. The Morgan fingerprint density at radius 2 is 2.04 bits per heavy atom. The third-order valence-electron chi connectivity index (χ3n) is 5.18. The first-order valence-corrected chi connectivity index (χ1v) is 8.94. The van der Waals surface area contributed by atoms with Gasteiger partial charge in [0.2, 0.25) is 0 Å². The van der Waals surface area contributed by atoms with Crippen LogP contribution in [0.4, 0.5) is 0 Å². The minimum absolute atomic E-state index is 0.285. The van der Waals surface area contributed by atoms with Crippen LogP contribution in [0.2, 0.25) is 5.02 Å². The molecule has 2 aliphatic rings. The summed E-state index contributed by atoms with van der Waals surface area (Å²) >= 11 is 6.34. The van der Waals surface area contributed by atoms with Gasteiger partial charge >= 0.3 is 0 Å². The Morgan fingerprint density at radius 1 is 1.30 bits per heavy atom. The van der Waals surface area contributed by atoms with Gasteiger partial charge in [-0.1, -0.05) is 11.6 Å². The molecule has 2 unspecified atom stereocenters. The van der Waals surface area contributed by atoms with Crippen LogP contribution in [0.25, 0.3) is 0 Å². The van der Waals surface area contributed by atoms with Gasteiger partial charge in [-0.3, -0.25) is 4.90 Å². The first kappa shape index (κ1) is 16.9. The molecule has 1 heterocycles. The van der Waals surface area contributed by atoms with Crippen molar-refractivity contribution in [2.45, 2.75) is 44.2 Å². The van der Waals surface area contributed by atoms with Gasteiger partial charge < -0.3 is 15.2 Å². The molecule has 2 fully saturated rings. The van der Waals surface area contributed by atoms with E-state index in [2.05, 4.69) is 11.9 Å². The molecule has 0 amide bonds. The molecule has 0 spiro atoms. The van der Waals surface area contributed by atoms with Crippen molar-refractivity contribution in [3.05, 3.63) is 22.7 Å². The lowest BCUT2D eigenvalue weighted by Gasteiger charge is -2.26. The number of ether oxygens (including phenoxy) is 2. The fraction of sp³-hybridized carbons (Fsp3) is 0.667. The van der Waals surface area contributed by atoms with Gasteiger partial charge in [0.15, 0.2) is 11.5 Å². The van der Waals surface area contributed by atoms with Crippen molar-refractivity contribution in [3.8, 4) is 11.5 Å². The van der Waals surface area contributed by atoms with E-state index >= 15 is 0 Å². The maximum atomic E-state index is 6.37. The maximum absolute atomic E-state index is 6.37. The lowest BCUT2D eigenvalue weighted by atomic mass is 9.98. The van der Waals surface area contributed by atoms with Gasteiger partial charge in [0.1, 0.15) is 0 Å². The summed E-state index contributed by atoms with van der Waals surface area (Å²) < 4.78 is 11.9. The summed E-state index contributed by atoms with van der Waals surface area (Å²) in [7, 11) is 3.82. The molecule has 2 N–H and O–H groups in total. The molecule has 4 nitrogen and oxygen atoms in total. The Morgan fingerprint density at radius 3 is 2.65 bits per heavy atom. The Bertz CT molecular complexity index is 546. The summed E-state index contributed by atoms with van der Waals surface area (Å²) in [6, 6.07) is 4.17. The van der Waals surface area contributed by atoms with Crippen molar-refractivity contribution in [1.29, 1.82) is 0 Å². The zero-order valence-corrected chi connectivity index (χ0v) is 14.8. The number of likely N-dealkylation sites (tertiary alicyclic amines) is 1. The predicted molar refractivity (Wildman–Crippen MR) is 93.4 cm³/mol. The summed E-state index contributed by atoms with van der Waals surface area (Å²) in [6.07, 6.45) is 6.07. The van der Waals surface area contributed by atoms with Crippen LogP contribution in [-0.4, -0.2) is 38.3 Å². The summed E-state index contributed by atoms with van der Waals surface area (Å²) in [6.45, 7) is 1.73. The van der Waals surface area contributed by atoms with Crippen LogP contribution >= 0.6 is 11.6 Å². The van der Waals surface area contributed by atoms with Crippen molar-refractivity contribution in [2.75, 3.05) is 27.2 Å². The average molecular weight is 339 g/mol. The highest BCUT2D eigenvalue weighted by atomic mass is 35.5. The van der Waals surface area contributed by atoms with E-state index < -0.39 is 0 Å². The topological polar surface area (TPSA) is 47.7 Å². The van der Waals surface area contributed by atoms with Gasteiger partial charge in [0.05, 0.1) is 13.2 Å². The smallest absolute Gasteiger partial charge is 0.166 e. The van der Waals surface area contributed by atoms with Crippen LogP contribution in [0.1, 0.15) is 43.7 Å². The minimum atomic E-state index is 0.285. The molecule has 128 valence electrons. The van der Waals surface area contributed by atoms with E-state index in [1.54, 1.807) is 7.11 Å². The fourth-order valence-corrected chi connectivity index (χ4v) is 4.14. The minimum Gasteiger partial charge on any atom is -0.493 e. The molecule has 3 rings (SSSR count). The van der Waals surface area contributed by atoms with Crippen LogP contribution < -0.4 is 15.2 Å². The van der Waals surface area contributed by atoms with Crippen LogP contribution in [0.5, 0.6) is 11.5 Å². The lowest BCUT2D eigenvalue weighted by Crippen LogP contribution is -2.21. The summed E-state index contributed by atoms with van der Waals surface area (Å²) in [5, 5.41) is 0.695. The first-order chi connectivity index (χ1) is 11.1. The molecule has 1 aromatic carbocycles. The van der Waals surface area contributed by atoms with E-state index in [9.17, 15) is 0 Å². The van der Waals surface area contributed by atoms with E-state index in [0.717, 1.165) is 49.4 Å². The molecule has 1 aliphatic carbocycles. The summed E-state index contributed by atoms with van der Waals surface area (Å²) in [5.41, 5.74) is 7.02. The number of benzene rings is 1. The molecule has 23 heavy (non-hydrogen) atoms. The molecule has 2 atom stereocenters. The predicted octanol–water partition coefficient (Wildman–Crippen LogP) is 3.62. The molecule has 5 heteroatoms. The molecule has 1 saturated carbocycles. The zero-order chi connectivity index (χ0) is 16.4. The fourth-order valence-electron chi connectivity index (χ4n) is 3.93. The van der Waals surface area contributed by atoms with Gasteiger partial charge in [0.25, 0.3) is 0 Å². The molecule has 1 saturated heterocycles. The van der Waals surface area contributed by atoms with Crippen LogP contribution in [-0.2, 0) is 0 Å². The number of hydrogen-bond donors (Lipinski definition) is 1. The van der Waals surface area contributed by atoms with Crippen molar-refractivity contribution >= 4 is 11.6 Å². The third-order valence-corrected chi connectivity index (χ3v) is 5.40. The van der Waals surface area contributed by atoms with Crippen LogP contribution in [0.3, 0.4) is 0 Å². The van der Waals surface area contributed by atoms with Crippen molar-refractivity contribution in [1.82, 2.24) is 4.90 Å². The van der Waals surface area contributed by atoms with Crippen LogP contribution in [0.15, 0.2) is 12.1 Å². The Balaban J connectivity index is 1.95. The monoisotopic (exact) mass is 338 g/mol. The molecule has 0 bridgehead atoms. The number of methoxy groups -OCH3 is 1. The quantitative estimate of drug-likeness (QED) is 0.890. The van der Waals surface area contributed by atoms with Crippen molar-refractivity contribution in [3.63, 3.8) is 0 Å². The highest BCUT2D eigenvalue weighted by molar-refractivity contribution is 6.30. The van der Waals surface area contributed by atoms with Gasteiger partial charge in [-0.15, -0.1) is 0 Å². The van der Waals surface area contributed by atoms with E-state index in [4.69, 9.17) is 26.8 Å². The van der Waals surface area contributed by atoms with E-state index in [1.807, 2.05) is 12.1 Å². The number of hydrogen-bond acceptors (Lipinski definition) is 4. The number of rotatable bonds is 5. The van der Waals surface area contributed by atoms with E-state index in [1.165, 1.54) is 12.8 Å². The van der Waals surface area contributed by atoms with Gasteiger partial charge in [-0.25, -0.2) is 0 Å². The van der Waals surface area contributed by atoms with Gasteiger partial charge in [-0.05, 0) is 57.7 Å². The summed E-state index contributed by atoms with van der Waals surface area (Å²) in [4.78, 5) is 2.35. The number of halogens is 1. The molecule has 0 aromatic heterocycles. The highest BCUT2D eigenvalue weighted by Gasteiger charge is 2.33. The second kappa shape index (κ2) is 7.29. The third kappa shape index (κ3) is 3.59. The van der Waals surface area contributed by atoms with Crippen molar-refractivity contribution < 1.29 is 9.47 Å². The normalized spacial score (nSPS) is 25.9. The maximum Gasteiger partial charge on any atom is 0.166 e. The van der Waals surface area contributed by atoms with Gasteiger partial charge in [-0.2, -0.15) is 0 Å². The van der Waals surface area contributed by atoms with E-state index in [0.29, 0.717) is 17.0 Å². The highest BCUT2D eigenvalue weighted by Crippen LogP contribution is 2.45. The molecular formula is C18H27ClN2O2. The van der Waals surface area contributed by atoms with E-state index in [-0.39, 0.29) is 6.04 Å². The van der Waals surface area contributed by atoms with Gasteiger partial charge in [0, 0.05) is 29.2 Å². The lowest BCUT2D eigenvalue weighted by molar-refractivity contribution is 0.192. The second-order valence-corrected chi connectivity index (χ2v) is 7.28.